The van der Waals surface area contributed by atoms with Crippen molar-refractivity contribution in [1.29, 1.82) is 0 Å². The van der Waals surface area contributed by atoms with Gasteiger partial charge in [-0.3, -0.25) is 4.79 Å². The second kappa shape index (κ2) is 7.65. The summed E-state index contributed by atoms with van der Waals surface area (Å²) in [6, 6.07) is 5.94. The topological polar surface area (TPSA) is 17.1 Å². The van der Waals surface area contributed by atoms with Gasteiger partial charge in [-0.2, -0.15) is 0 Å². The van der Waals surface area contributed by atoms with Crippen LogP contribution >= 0.6 is 15.9 Å². The van der Waals surface area contributed by atoms with Gasteiger partial charge in [0.2, 0.25) is 0 Å². The molecule has 1 rings (SSSR count). The number of benzene rings is 1. The Hall–Kier alpha value is -0.630. The van der Waals surface area contributed by atoms with Gasteiger partial charge < -0.3 is 0 Å². The molecule has 1 aromatic rings. The lowest BCUT2D eigenvalue weighted by atomic mass is 10.0. The molecule has 0 saturated heterocycles. The van der Waals surface area contributed by atoms with Crippen molar-refractivity contribution in [1.82, 2.24) is 0 Å². The summed E-state index contributed by atoms with van der Waals surface area (Å²) < 4.78 is 0.918. The molecule has 0 aromatic heterocycles. The van der Waals surface area contributed by atoms with Crippen LogP contribution in [0.4, 0.5) is 0 Å². The van der Waals surface area contributed by atoms with Crippen LogP contribution in [0.5, 0.6) is 0 Å². The molecule has 1 aromatic carbocycles. The van der Waals surface area contributed by atoms with Crippen molar-refractivity contribution < 1.29 is 4.79 Å². The highest BCUT2D eigenvalue weighted by molar-refractivity contribution is 9.10. The molecule has 94 valence electrons. The van der Waals surface area contributed by atoms with Crippen molar-refractivity contribution in [2.24, 2.45) is 0 Å². The molecule has 0 N–H and O–H groups in total. The maximum absolute atomic E-state index is 12.0. The van der Waals surface area contributed by atoms with Crippen molar-refractivity contribution >= 4 is 21.7 Å². The highest BCUT2D eigenvalue weighted by Gasteiger charge is 2.09. The zero-order valence-corrected chi connectivity index (χ0v) is 12.3. The molecule has 0 fully saturated rings. The van der Waals surface area contributed by atoms with Gasteiger partial charge in [0.05, 0.1) is 0 Å². The van der Waals surface area contributed by atoms with E-state index in [1.807, 2.05) is 25.1 Å². The first-order valence-electron chi connectivity index (χ1n) is 6.44. The fourth-order valence-corrected chi connectivity index (χ4v) is 2.34. The second-order valence-electron chi connectivity index (χ2n) is 4.57. The SMILES string of the molecule is CCCCCCCC(=O)c1cc(C)ccc1Br. The summed E-state index contributed by atoms with van der Waals surface area (Å²) >= 11 is 3.44. The molecule has 17 heavy (non-hydrogen) atoms. The minimum atomic E-state index is 0.261. The maximum Gasteiger partial charge on any atom is 0.164 e. The minimum absolute atomic E-state index is 0.261. The Labute approximate surface area is 113 Å². The molecule has 2 heteroatoms. The van der Waals surface area contributed by atoms with E-state index in [4.69, 9.17) is 0 Å². The van der Waals surface area contributed by atoms with Crippen molar-refractivity contribution in [3.05, 3.63) is 33.8 Å². The van der Waals surface area contributed by atoms with Crippen LogP contribution in [-0.2, 0) is 0 Å². The van der Waals surface area contributed by atoms with Gasteiger partial charge in [0.25, 0.3) is 0 Å². The summed E-state index contributed by atoms with van der Waals surface area (Å²) in [4.78, 5) is 12.0. The lowest BCUT2D eigenvalue weighted by Gasteiger charge is -2.05. The molecule has 0 atom stereocenters. The summed E-state index contributed by atoms with van der Waals surface area (Å²) in [5, 5.41) is 0. The van der Waals surface area contributed by atoms with Gasteiger partial charge in [0.15, 0.2) is 5.78 Å². The molecule has 0 heterocycles. The maximum atomic E-state index is 12.0. The average molecular weight is 297 g/mol. The smallest absolute Gasteiger partial charge is 0.164 e. The lowest BCUT2D eigenvalue weighted by molar-refractivity contribution is 0.0978. The van der Waals surface area contributed by atoms with Crippen LogP contribution in [0.1, 0.15) is 61.4 Å². The Bertz CT molecular complexity index is 371. The van der Waals surface area contributed by atoms with Crippen LogP contribution in [0.3, 0.4) is 0 Å². The molecule has 1 nitrogen and oxygen atoms in total. The van der Waals surface area contributed by atoms with E-state index in [1.165, 1.54) is 25.7 Å². The van der Waals surface area contributed by atoms with Crippen molar-refractivity contribution in [3.63, 3.8) is 0 Å². The number of aryl methyl sites for hydroxylation is 1. The quantitative estimate of drug-likeness (QED) is 0.493. The van der Waals surface area contributed by atoms with Gasteiger partial charge in [-0.1, -0.05) is 60.2 Å². The highest BCUT2D eigenvalue weighted by Crippen LogP contribution is 2.20. The Morgan fingerprint density at radius 3 is 2.59 bits per heavy atom. The number of carbonyl (C=O) groups is 1. The number of hydrogen-bond donors (Lipinski definition) is 0. The first-order valence-corrected chi connectivity index (χ1v) is 7.23. The molecule has 0 radical (unpaired) electrons. The van der Waals surface area contributed by atoms with E-state index in [1.54, 1.807) is 0 Å². The normalized spacial score (nSPS) is 10.5. The number of hydrogen-bond acceptors (Lipinski definition) is 1. The van der Waals surface area contributed by atoms with Crippen LogP contribution in [-0.4, -0.2) is 5.78 Å². The van der Waals surface area contributed by atoms with Gasteiger partial charge in [0, 0.05) is 16.5 Å². The number of unbranched alkanes of at least 4 members (excludes halogenated alkanes) is 4. The second-order valence-corrected chi connectivity index (χ2v) is 5.43. The Morgan fingerprint density at radius 1 is 1.18 bits per heavy atom. The fraction of sp³-hybridized carbons (Fsp3) is 0.533. The summed E-state index contributed by atoms with van der Waals surface area (Å²) in [6.45, 7) is 4.22. The number of rotatable bonds is 7. The third-order valence-electron chi connectivity index (χ3n) is 2.93. The molecular weight excluding hydrogens is 276 g/mol. The van der Waals surface area contributed by atoms with Crippen molar-refractivity contribution in [3.8, 4) is 0 Å². The van der Waals surface area contributed by atoms with Crippen LogP contribution < -0.4 is 0 Å². The zero-order valence-electron chi connectivity index (χ0n) is 10.8. The van der Waals surface area contributed by atoms with Crippen LogP contribution in [0.25, 0.3) is 0 Å². The minimum Gasteiger partial charge on any atom is -0.294 e. The molecule has 0 spiro atoms. The summed E-state index contributed by atoms with van der Waals surface area (Å²) in [5.74, 6) is 0.261. The van der Waals surface area contributed by atoms with E-state index in [0.29, 0.717) is 6.42 Å². The predicted molar refractivity (Wildman–Crippen MR) is 76.6 cm³/mol. The molecule has 0 saturated carbocycles. The third kappa shape index (κ3) is 5.03. The molecule has 0 amide bonds. The third-order valence-corrected chi connectivity index (χ3v) is 3.62. The Balaban J connectivity index is 2.44. The van der Waals surface area contributed by atoms with Gasteiger partial charge in [-0.05, 0) is 25.5 Å². The Kier molecular flexibility index (Phi) is 6.49. The largest absolute Gasteiger partial charge is 0.294 e. The number of halogens is 1. The van der Waals surface area contributed by atoms with E-state index < -0.39 is 0 Å². The summed E-state index contributed by atoms with van der Waals surface area (Å²) in [6.07, 6.45) is 6.63. The molecule has 0 unspecified atom stereocenters. The number of carbonyl (C=O) groups excluding carboxylic acids is 1. The van der Waals surface area contributed by atoms with Gasteiger partial charge in [0.1, 0.15) is 0 Å². The molecule has 0 aliphatic carbocycles. The van der Waals surface area contributed by atoms with E-state index in [-0.39, 0.29) is 5.78 Å². The molecule has 0 aliphatic rings. The highest BCUT2D eigenvalue weighted by atomic mass is 79.9. The van der Waals surface area contributed by atoms with E-state index >= 15 is 0 Å². The van der Waals surface area contributed by atoms with E-state index in [9.17, 15) is 4.79 Å². The first kappa shape index (κ1) is 14.4. The number of ketones is 1. The summed E-state index contributed by atoms with van der Waals surface area (Å²) in [5.41, 5.74) is 1.98. The van der Waals surface area contributed by atoms with E-state index in [2.05, 4.69) is 22.9 Å². The average Bonchev–Trinajstić information content (AvgIpc) is 2.32. The van der Waals surface area contributed by atoms with Crippen LogP contribution in [0.2, 0.25) is 0 Å². The predicted octanol–water partition coefficient (Wildman–Crippen LogP) is 5.30. The van der Waals surface area contributed by atoms with Crippen molar-refractivity contribution in [2.75, 3.05) is 0 Å². The molecule has 0 bridgehead atoms. The van der Waals surface area contributed by atoms with Gasteiger partial charge >= 0.3 is 0 Å². The van der Waals surface area contributed by atoms with Gasteiger partial charge in [-0.25, -0.2) is 0 Å². The van der Waals surface area contributed by atoms with Gasteiger partial charge in [-0.15, -0.1) is 0 Å². The van der Waals surface area contributed by atoms with Crippen molar-refractivity contribution in [2.45, 2.75) is 52.4 Å². The standard InChI is InChI=1S/C15H21BrO/c1-3-4-5-6-7-8-15(17)13-11-12(2)9-10-14(13)16/h9-11H,3-8H2,1-2H3. The zero-order chi connectivity index (χ0) is 12.7. The number of Topliss-reactive ketones (excluding diaryl/α,β-unsaturated/α-hetero) is 1. The Morgan fingerprint density at radius 2 is 1.88 bits per heavy atom. The molecular formula is C15H21BrO. The first-order chi connectivity index (χ1) is 8.15. The van der Waals surface area contributed by atoms with Crippen LogP contribution in [0, 0.1) is 6.92 Å². The monoisotopic (exact) mass is 296 g/mol. The lowest BCUT2D eigenvalue weighted by Crippen LogP contribution is -2.00. The summed E-state index contributed by atoms with van der Waals surface area (Å²) in [7, 11) is 0. The fourth-order valence-electron chi connectivity index (χ4n) is 1.88. The molecule has 0 aliphatic heterocycles. The van der Waals surface area contributed by atoms with Crippen LogP contribution in [0.15, 0.2) is 22.7 Å². The van der Waals surface area contributed by atoms with E-state index in [0.717, 1.165) is 22.0 Å².